The number of piperidine rings is 1. The van der Waals surface area contributed by atoms with E-state index in [1.54, 1.807) is 7.11 Å². The van der Waals surface area contributed by atoms with Gasteiger partial charge in [0.15, 0.2) is 0 Å². The van der Waals surface area contributed by atoms with Crippen molar-refractivity contribution < 1.29 is 4.74 Å². The van der Waals surface area contributed by atoms with Crippen LogP contribution in [-0.4, -0.2) is 29.8 Å². The Labute approximate surface area is 186 Å². The molecule has 1 aromatic carbocycles. The molecule has 0 atom stereocenters. The Kier molecular flexibility index (Phi) is 7.40. The van der Waals surface area contributed by atoms with Gasteiger partial charge in [-0.05, 0) is 68.4 Å². The van der Waals surface area contributed by atoms with Crippen molar-refractivity contribution in [1.82, 2.24) is 15.0 Å². The number of hydrogen-bond donors (Lipinski definition) is 1. The van der Waals surface area contributed by atoms with E-state index in [9.17, 15) is 0 Å². The Morgan fingerprint density at radius 3 is 2.50 bits per heavy atom. The topological polar surface area (TPSA) is 29.4 Å². The average molecular weight is 430 g/mol. The van der Waals surface area contributed by atoms with Crippen LogP contribution in [0.1, 0.15) is 62.6 Å². The van der Waals surface area contributed by atoms with Gasteiger partial charge < -0.3 is 9.30 Å². The van der Waals surface area contributed by atoms with Crippen LogP contribution in [0.25, 0.3) is 11.3 Å². The fraction of sp³-hybridized carbons (Fsp3) is 0.600. The maximum absolute atomic E-state index is 6.39. The molecule has 30 heavy (non-hydrogen) atoms. The number of hydrogen-bond acceptors (Lipinski definition) is 3. The Balaban J connectivity index is 1.64. The lowest BCUT2D eigenvalue weighted by atomic mass is 9.89. The van der Waals surface area contributed by atoms with E-state index in [2.05, 4.69) is 28.0 Å². The third-order valence-electron chi connectivity index (χ3n) is 6.92. The van der Waals surface area contributed by atoms with Crippen LogP contribution in [0.2, 0.25) is 5.02 Å². The molecule has 0 spiro atoms. The number of nitrogens with one attached hydrogen (secondary N) is 1. The highest BCUT2D eigenvalue weighted by Crippen LogP contribution is 2.37. The molecule has 1 saturated heterocycles. The van der Waals surface area contributed by atoms with E-state index in [1.165, 1.54) is 68.3 Å². The standard InChI is InChI=1S/C25H36ClN3O/c1-19-21(17-27-28-13-7-4-8-14-28)15-24(23-16-22(26)11-12-25(23)30-2)29(19)18-20-9-5-3-6-10-20/h11-12,15-16,20,27H,3-10,13-14,17-18H2,1-2H3. The lowest BCUT2D eigenvalue weighted by molar-refractivity contribution is 0.151. The molecule has 0 amide bonds. The van der Waals surface area contributed by atoms with Gasteiger partial charge in [0, 0.05) is 42.5 Å². The van der Waals surface area contributed by atoms with Crippen molar-refractivity contribution in [3.63, 3.8) is 0 Å². The highest BCUT2D eigenvalue weighted by atomic mass is 35.5. The fourth-order valence-corrected chi connectivity index (χ4v) is 5.27. The second kappa shape index (κ2) is 10.2. The van der Waals surface area contributed by atoms with E-state index < -0.39 is 0 Å². The minimum absolute atomic E-state index is 0.752. The molecule has 1 N–H and O–H groups in total. The molecule has 4 rings (SSSR count). The molecule has 1 aromatic heterocycles. The Morgan fingerprint density at radius 1 is 1.03 bits per heavy atom. The van der Waals surface area contributed by atoms with Gasteiger partial charge in [-0.25, -0.2) is 5.01 Å². The molecule has 0 radical (unpaired) electrons. The van der Waals surface area contributed by atoms with Gasteiger partial charge in [-0.2, -0.15) is 0 Å². The van der Waals surface area contributed by atoms with Crippen LogP contribution in [0.5, 0.6) is 5.75 Å². The number of aromatic nitrogens is 1. The van der Waals surface area contributed by atoms with E-state index in [1.807, 2.05) is 18.2 Å². The van der Waals surface area contributed by atoms with Crippen LogP contribution in [0, 0.1) is 12.8 Å². The summed E-state index contributed by atoms with van der Waals surface area (Å²) >= 11 is 6.39. The summed E-state index contributed by atoms with van der Waals surface area (Å²) in [4.78, 5) is 0. The first kappa shape index (κ1) is 21.7. The van der Waals surface area contributed by atoms with Crippen LogP contribution in [0.4, 0.5) is 0 Å². The summed E-state index contributed by atoms with van der Waals surface area (Å²) in [6.07, 6.45) is 10.7. The number of halogens is 1. The van der Waals surface area contributed by atoms with Crippen LogP contribution < -0.4 is 10.2 Å². The number of ether oxygens (including phenoxy) is 1. The largest absolute Gasteiger partial charge is 0.496 e. The van der Waals surface area contributed by atoms with Crippen molar-refractivity contribution in [3.8, 4) is 17.0 Å². The van der Waals surface area contributed by atoms with Crippen LogP contribution >= 0.6 is 11.6 Å². The molecule has 2 fully saturated rings. The van der Waals surface area contributed by atoms with Crippen molar-refractivity contribution in [1.29, 1.82) is 0 Å². The quantitative estimate of drug-likeness (QED) is 0.568. The van der Waals surface area contributed by atoms with Gasteiger partial charge in [0.2, 0.25) is 0 Å². The first-order chi connectivity index (χ1) is 14.7. The number of nitrogens with zero attached hydrogens (tertiary/aromatic N) is 2. The first-order valence-corrected chi connectivity index (χ1v) is 12.0. The molecular weight excluding hydrogens is 394 g/mol. The molecular formula is C25H36ClN3O. The molecule has 0 bridgehead atoms. The molecule has 164 valence electrons. The molecule has 2 heterocycles. The number of methoxy groups -OCH3 is 1. The summed E-state index contributed by atoms with van der Waals surface area (Å²) in [5, 5.41) is 3.14. The molecule has 5 heteroatoms. The SMILES string of the molecule is COc1ccc(Cl)cc1-c1cc(CNN2CCCCC2)c(C)n1CC1CCCCC1. The molecule has 1 saturated carbocycles. The van der Waals surface area contributed by atoms with Crippen molar-refractivity contribution in [2.45, 2.75) is 71.4 Å². The first-order valence-electron chi connectivity index (χ1n) is 11.7. The zero-order valence-corrected chi connectivity index (χ0v) is 19.3. The summed E-state index contributed by atoms with van der Waals surface area (Å²) in [6.45, 7) is 6.53. The summed E-state index contributed by atoms with van der Waals surface area (Å²) in [6, 6.07) is 8.29. The van der Waals surface area contributed by atoms with Gasteiger partial charge in [0.05, 0.1) is 12.8 Å². The van der Waals surface area contributed by atoms with Gasteiger partial charge >= 0.3 is 0 Å². The van der Waals surface area contributed by atoms with E-state index in [0.29, 0.717) is 0 Å². The summed E-state index contributed by atoms with van der Waals surface area (Å²) in [5.74, 6) is 1.65. The Morgan fingerprint density at radius 2 is 1.77 bits per heavy atom. The van der Waals surface area contributed by atoms with E-state index in [4.69, 9.17) is 16.3 Å². The number of rotatable bonds is 7. The number of hydrazine groups is 1. The van der Waals surface area contributed by atoms with Crippen LogP contribution in [0.15, 0.2) is 24.3 Å². The second-order valence-corrected chi connectivity index (χ2v) is 9.42. The third kappa shape index (κ3) is 5.04. The zero-order valence-electron chi connectivity index (χ0n) is 18.6. The van der Waals surface area contributed by atoms with Gasteiger partial charge in [-0.1, -0.05) is 37.3 Å². The number of benzene rings is 1. The van der Waals surface area contributed by atoms with Crippen molar-refractivity contribution in [2.75, 3.05) is 20.2 Å². The molecule has 4 nitrogen and oxygen atoms in total. The third-order valence-corrected chi connectivity index (χ3v) is 7.16. The van der Waals surface area contributed by atoms with Crippen LogP contribution in [0.3, 0.4) is 0 Å². The minimum Gasteiger partial charge on any atom is -0.496 e. The molecule has 2 aliphatic rings. The smallest absolute Gasteiger partial charge is 0.128 e. The van der Waals surface area contributed by atoms with E-state index in [0.717, 1.165) is 48.4 Å². The predicted molar refractivity (Wildman–Crippen MR) is 125 cm³/mol. The Bertz CT molecular complexity index is 835. The molecule has 0 unspecified atom stereocenters. The van der Waals surface area contributed by atoms with Gasteiger partial charge in [-0.15, -0.1) is 0 Å². The van der Waals surface area contributed by atoms with E-state index in [-0.39, 0.29) is 0 Å². The summed E-state index contributed by atoms with van der Waals surface area (Å²) in [7, 11) is 1.74. The molecule has 2 aromatic rings. The maximum atomic E-state index is 6.39. The second-order valence-electron chi connectivity index (χ2n) is 8.98. The van der Waals surface area contributed by atoms with Gasteiger partial charge in [-0.3, -0.25) is 5.43 Å². The maximum Gasteiger partial charge on any atom is 0.128 e. The van der Waals surface area contributed by atoms with E-state index >= 15 is 0 Å². The predicted octanol–water partition coefficient (Wildman–Crippen LogP) is 6.20. The zero-order chi connectivity index (χ0) is 20.9. The van der Waals surface area contributed by atoms with Gasteiger partial charge in [0.1, 0.15) is 5.75 Å². The molecule has 1 aliphatic carbocycles. The Hall–Kier alpha value is -1.49. The lowest BCUT2D eigenvalue weighted by Crippen LogP contribution is -2.41. The highest BCUT2D eigenvalue weighted by molar-refractivity contribution is 6.31. The highest BCUT2D eigenvalue weighted by Gasteiger charge is 2.21. The van der Waals surface area contributed by atoms with Gasteiger partial charge in [0.25, 0.3) is 0 Å². The molecule has 1 aliphatic heterocycles. The summed E-state index contributed by atoms with van der Waals surface area (Å²) in [5.41, 5.74) is 8.73. The lowest BCUT2D eigenvalue weighted by Gasteiger charge is -2.27. The van der Waals surface area contributed by atoms with Crippen molar-refractivity contribution >= 4 is 11.6 Å². The summed E-state index contributed by atoms with van der Waals surface area (Å²) < 4.78 is 8.23. The fourth-order valence-electron chi connectivity index (χ4n) is 5.10. The van der Waals surface area contributed by atoms with Crippen molar-refractivity contribution in [2.24, 2.45) is 5.92 Å². The average Bonchev–Trinajstić information content (AvgIpc) is 3.09. The normalized spacial score (nSPS) is 18.6. The van der Waals surface area contributed by atoms with Crippen LogP contribution in [-0.2, 0) is 13.1 Å². The minimum atomic E-state index is 0.752. The van der Waals surface area contributed by atoms with Crippen molar-refractivity contribution in [3.05, 3.63) is 40.5 Å². The monoisotopic (exact) mass is 429 g/mol.